The van der Waals surface area contributed by atoms with Crippen LogP contribution in [-0.4, -0.2) is 42.2 Å². The molecule has 1 saturated heterocycles. The van der Waals surface area contributed by atoms with Gasteiger partial charge in [0.1, 0.15) is 0 Å². The molecule has 2 atom stereocenters. The average Bonchev–Trinajstić information content (AvgIpc) is 2.16. The summed E-state index contributed by atoms with van der Waals surface area (Å²) in [6.45, 7) is 3.71. The smallest absolute Gasteiger partial charge is 0.232 e. The van der Waals surface area contributed by atoms with Gasteiger partial charge in [0.05, 0.1) is 5.25 Å². The maximum Gasteiger partial charge on any atom is 0.232 e. The Morgan fingerprint density at radius 2 is 2.36 bits per heavy atom. The Labute approximate surface area is 91.6 Å². The van der Waals surface area contributed by atoms with Crippen molar-refractivity contribution in [1.29, 1.82) is 0 Å². The molecule has 1 heterocycles. The molecule has 0 bridgehead atoms. The first-order valence-electron chi connectivity index (χ1n) is 5.27. The number of likely N-dealkylation sites (tertiary alicyclic amines) is 1. The molecule has 1 rings (SSSR count). The summed E-state index contributed by atoms with van der Waals surface area (Å²) >= 11 is 4.09. The van der Waals surface area contributed by atoms with E-state index >= 15 is 0 Å². The lowest BCUT2D eigenvalue weighted by Crippen LogP contribution is -2.45. The van der Waals surface area contributed by atoms with Gasteiger partial charge in [-0.25, -0.2) is 0 Å². The summed E-state index contributed by atoms with van der Waals surface area (Å²) in [5.41, 5.74) is 0. The molecule has 0 saturated carbocycles. The first-order chi connectivity index (χ1) is 6.61. The maximum atomic E-state index is 11.3. The Morgan fingerprint density at radius 3 is 2.93 bits per heavy atom. The van der Waals surface area contributed by atoms with Crippen LogP contribution in [0.1, 0.15) is 26.2 Å². The Hall–Kier alpha value is -0.220. The van der Waals surface area contributed by atoms with Crippen LogP contribution >= 0.6 is 12.6 Å². The third-order valence-corrected chi connectivity index (χ3v) is 3.05. The van der Waals surface area contributed by atoms with Crippen LogP contribution < -0.4 is 5.32 Å². The minimum atomic E-state index is -0.205. The minimum Gasteiger partial charge on any atom is -0.354 e. The van der Waals surface area contributed by atoms with E-state index in [4.69, 9.17) is 0 Å². The monoisotopic (exact) mass is 216 g/mol. The molecule has 0 aromatic rings. The van der Waals surface area contributed by atoms with Crippen molar-refractivity contribution in [1.82, 2.24) is 10.2 Å². The van der Waals surface area contributed by atoms with Crippen LogP contribution in [0.2, 0.25) is 0 Å². The normalized spacial score (nSPS) is 25.8. The second-order valence-electron chi connectivity index (χ2n) is 4.05. The summed E-state index contributed by atoms with van der Waals surface area (Å²) in [4.78, 5) is 13.6. The van der Waals surface area contributed by atoms with Gasteiger partial charge in [-0.05, 0) is 33.4 Å². The molecule has 0 spiro atoms. The van der Waals surface area contributed by atoms with Crippen molar-refractivity contribution in [2.45, 2.75) is 37.5 Å². The van der Waals surface area contributed by atoms with E-state index in [-0.39, 0.29) is 11.2 Å². The number of carbonyl (C=O) groups excluding carboxylic acids is 1. The van der Waals surface area contributed by atoms with Crippen LogP contribution in [0.15, 0.2) is 0 Å². The fourth-order valence-corrected chi connectivity index (χ4v) is 1.86. The van der Waals surface area contributed by atoms with Crippen LogP contribution in [0.25, 0.3) is 0 Å². The van der Waals surface area contributed by atoms with Gasteiger partial charge in [0.15, 0.2) is 0 Å². The minimum absolute atomic E-state index is 0.0345. The van der Waals surface area contributed by atoms with E-state index < -0.39 is 0 Å². The molecule has 82 valence electrons. The lowest BCUT2D eigenvalue weighted by atomic mass is 10.0. The van der Waals surface area contributed by atoms with Gasteiger partial charge in [0, 0.05) is 12.6 Å². The van der Waals surface area contributed by atoms with E-state index in [0.29, 0.717) is 6.04 Å². The fraction of sp³-hybridized carbons (Fsp3) is 0.900. The summed E-state index contributed by atoms with van der Waals surface area (Å²) in [5, 5.41) is 2.72. The number of amides is 1. The van der Waals surface area contributed by atoms with Crippen LogP contribution in [0, 0.1) is 0 Å². The van der Waals surface area contributed by atoms with Crippen molar-refractivity contribution in [3.8, 4) is 0 Å². The Morgan fingerprint density at radius 1 is 1.64 bits per heavy atom. The number of likely N-dealkylation sites (N-methyl/N-ethyl adjacent to an activating group) is 1. The highest BCUT2D eigenvalue weighted by Crippen LogP contribution is 2.13. The predicted octanol–water partition coefficient (Wildman–Crippen LogP) is 0.905. The Bertz CT molecular complexity index is 197. The van der Waals surface area contributed by atoms with Crippen molar-refractivity contribution in [2.24, 2.45) is 0 Å². The molecule has 1 fully saturated rings. The number of nitrogens with one attached hydrogen (secondary N) is 1. The zero-order valence-electron chi connectivity index (χ0n) is 8.99. The lowest BCUT2D eigenvalue weighted by Gasteiger charge is -2.32. The summed E-state index contributed by atoms with van der Waals surface area (Å²) in [7, 11) is 2.13. The van der Waals surface area contributed by atoms with E-state index in [9.17, 15) is 4.79 Å². The molecule has 14 heavy (non-hydrogen) atoms. The second-order valence-corrected chi connectivity index (χ2v) is 4.83. The number of carbonyl (C=O) groups is 1. The first-order valence-corrected chi connectivity index (χ1v) is 5.79. The van der Waals surface area contributed by atoms with Crippen LogP contribution in [-0.2, 0) is 4.79 Å². The molecule has 1 N–H and O–H groups in total. The summed E-state index contributed by atoms with van der Waals surface area (Å²) < 4.78 is 0. The lowest BCUT2D eigenvalue weighted by molar-refractivity contribution is -0.120. The highest BCUT2D eigenvalue weighted by molar-refractivity contribution is 7.81. The number of thiol groups is 1. The van der Waals surface area contributed by atoms with Gasteiger partial charge in [-0.2, -0.15) is 12.6 Å². The maximum absolute atomic E-state index is 11.3. The summed E-state index contributed by atoms with van der Waals surface area (Å²) in [6, 6.07) is 0.514. The quantitative estimate of drug-likeness (QED) is 0.687. The van der Waals surface area contributed by atoms with Crippen LogP contribution in [0.5, 0.6) is 0 Å². The van der Waals surface area contributed by atoms with Crippen molar-refractivity contribution in [3.63, 3.8) is 0 Å². The standard InChI is InChI=1S/C10H20N2OS/c1-8(14)10(13)11-7-9-5-3-4-6-12(9)2/h8-9,14H,3-7H2,1-2H3,(H,11,13). The number of piperidine rings is 1. The van der Waals surface area contributed by atoms with E-state index in [1.54, 1.807) is 6.92 Å². The molecular weight excluding hydrogens is 196 g/mol. The molecule has 0 aliphatic carbocycles. The SMILES string of the molecule is CC(S)C(=O)NCC1CCCCN1C. The molecule has 3 nitrogen and oxygen atoms in total. The highest BCUT2D eigenvalue weighted by atomic mass is 32.1. The zero-order valence-corrected chi connectivity index (χ0v) is 9.89. The fourth-order valence-electron chi connectivity index (χ4n) is 1.77. The van der Waals surface area contributed by atoms with Crippen molar-refractivity contribution in [2.75, 3.05) is 20.1 Å². The highest BCUT2D eigenvalue weighted by Gasteiger charge is 2.19. The van der Waals surface area contributed by atoms with Crippen molar-refractivity contribution < 1.29 is 4.79 Å². The first kappa shape index (κ1) is 11.9. The van der Waals surface area contributed by atoms with Crippen LogP contribution in [0.4, 0.5) is 0 Å². The van der Waals surface area contributed by atoms with Gasteiger partial charge in [0.25, 0.3) is 0 Å². The van der Waals surface area contributed by atoms with E-state index in [1.807, 2.05) is 0 Å². The molecule has 4 heteroatoms. The summed E-state index contributed by atoms with van der Waals surface area (Å²) in [5.74, 6) is 0.0345. The van der Waals surface area contributed by atoms with Gasteiger partial charge in [0.2, 0.25) is 5.91 Å². The van der Waals surface area contributed by atoms with E-state index in [1.165, 1.54) is 19.3 Å². The molecule has 0 aromatic carbocycles. The number of hydrogen-bond donors (Lipinski definition) is 2. The number of nitrogens with zero attached hydrogens (tertiary/aromatic N) is 1. The molecule has 1 aliphatic heterocycles. The third-order valence-electron chi connectivity index (χ3n) is 2.81. The molecule has 0 radical (unpaired) electrons. The Kier molecular flexibility index (Phi) is 4.75. The van der Waals surface area contributed by atoms with E-state index in [0.717, 1.165) is 13.1 Å². The van der Waals surface area contributed by atoms with Gasteiger partial charge in [-0.3, -0.25) is 4.79 Å². The van der Waals surface area contributed by atoms with Gasteiger partial charge < -0.3 is 10.2 Å². The van der Waals surface area contributed by atoms with Gasteiger partial charge in [-0.15, -0.1) is 0 Å². The van der Waals surface area contributed by atoms with Gasteiger partial charge in [-0.1, -0.05) is 6.42 Å². The topological polar surface area (TPSA) is 32.3 Å². The molecule has 0 aromatic heterocycles. The predicted molar refractivity (Wildman–Crippen MR) is 61.7 cm³/mol. The second kappa shape index (κ2) is 5.61. The van der Waals surface area contributed by atoms with Crippen LogP contribution in [0.3, 0.4) is 0 Å². The Balaban J connectivity index is 2.26. The average molecular weight is 216 g/mol. The van der Waals surface area contributed by atoms with Crippen molar-refractivity contribution in [3.05, 3.63) is 0 Å². The summed E-state index contributed by atoms with van der Waals surface area (Å²) in [6.07, 6.45) is 3.75. The number of rotatable bonds is 3. The largest absolute Gasteiger partial charge is 0.354 e. The third kappa shape index (κ3) is 3.50. The van der Waals surface area contributed by atoms with Gasteiger partial charge >= 0.3 is 0 Å². The molecule has 2 unspecified atom stereocenters. The molecule has 1 amide bonds. The van der Waals surface area contributed by atoms with Crippen molar-refractivity contribution >= 4 is 18.5 Å². The zero-order chi connectivity index (χ0) is 10.6. The molecule has 1 aliphatic rings. The number of hydrogen-bond acceptors (Lipinski definition) is 3. The van der Waals surface area contributed by atoms with E-state index in [2.05, 4.69) is 29.9 Å². The molecular formula is C10H20N2OS.